The van der Waals surface area contributed by atoms with Crippen LogP contribution in [0.2, 0.25) is 5.02 Å². The number of methoxy groups -OCH3 is 1. The van der Waals surface area contributed by atoms with Crippen LogP contribution in [0.4, 0.5) is 11.4 Å². The molecule has 10 heteroatoms. The summed E-state index contributed by atoms with van der Waals surface area (Å²) in [7, 11) is -2.54. The number of carbonyl (C=O) groups is 3. The molecule has 0 aliphatic carbocycles. The van der Waals surface area contributed by atoms with E-state index in [4.69, 9.17) is 11.6 Å². The molecule has 1 saturated heterocycles. The van der Waals surface area contributed by atoms with Gasteiger partial charge in [-0.15, -0.1) is 0 Å². The molecule has 158 valence electrons. The first-order valence-corrected chi connectivity index (χ1v) is 10.8. The molecule has 0 saturated carbocycles. The van der Waals surface area contributed by atoms with Crippen LogP contribution in [0.15, 0.2) is 42.5 Å². The predicted molar refractivity (Wildman–Crippen MR) is 112 cm³/mol. The van der Waals surface area contributed by atoms with Crippen molar-refractivity contribution < 1.29 is 27.5 Å². The van der Waals surface area contributed by atoms with Crippen molar-refractivity contribution in [2.24, 2.45) is 5.41 Å². The lowest BCUT2D eigenvalue weighted by Gasteiger charge is -2.17. The number of rotatable bonds is 4. The summed E-state index contributed by atoms with van der Waals surface area (Å²) in [5.74, 6) is -1.91. The second-order valence-electron chi connectivity index (χ2n) is 7.40. The van der Waals surface area contributed by atoms with Crippen molar-refractivity contribution >= 4 is 50.8 Å². The number of hydrogen-bond donors (Lipinski definition) is 1. The van der Waals surface area contributed by atoms with Crippen LogP contribution in [0, 0.1) is 5.41 Å². The normalized spacial score (nSPS) is 16.9. The van der Waals surface area contributed by atoms with Crippen LogP contribution in [0.25, 0.3) is 0 Å². The number of benzene rings is 2. The van der Waals surface area contributed by atoms with Crippen molar-refractivity contribution in [1.82, 2.24) is 0 Å². The fourth-order valence-electron chi connectivity index (χ4n) is 3.07. The number of nitrogens with one attached hydrogen (secondary N) is 1. The Bertz CT molecular complexity index is 1140. The van der Waals surface area contributed by atoms with E-state index in [0.717, 1.165) is 4.31 Å². The summed E-state index contributed by atoms with van der Waals surface area (Å²) < 4.78 is 30.2. The monoisotopic (exact) mass is 450 g/mol. The quantitative estimate of drug-likeness (QED) is 0.717. The minimum absolute atomic E-state index is 0.160. The smallest absolute Gasteiger partial charge is 0.337 e. The van der Waals surface area contributed by atoms with Crippen molar-refractivity contribution in [1.29, 1.82) is 0 Å². The summed E-state index contributed by atoms with van der Waals surface area (Å²) in [4.78, 5) is 36.7. The van der Waals surface area contributed by atoms with E-state index in [1.54, 1.807) is 13.8 Å². The number of esters is 1. The minimum atomic E-state index is -3.78. The highest BCUT2D eigenvalue weighted by Crippen LogP contribution is 2.35. The van der Waals surface area contributed by atoms with Gasteiger partial charge < -0.3 is 10.1 Å². The molecule has 0 atom stereocenters. The van der Waals surface area contributed by atoms with Crippen LogP contribution < -0.4 is 9.62 Å². The predicted octanol–water partition coefficient (Wildman–Crippen LogP) is 3.08. The van der Waals surface area contributed by atoms with E-state index in [2.05, 4.69) is 10.1 Å². The van der Waals surface area contributed by atoms with E-state index in [9.17, 15) is 22.8 Å². The molecule has 0 aromatic heterocycles. The maximum absolute atomic E-state index is 12.6. The van der Waals surface area contributed by atoms with Crippen LogP contribution in [0.1, 0.15) is 34.6 Å². The molecule has 2 aromatic rings. The van der Waals surface area contributed by atoms with Crippen LogP contribution in [-0.4, -0.2) is 39.1 Å². The molecule has 30 heavy (non-hydrogen) atoms. The molecular formula is C20H19ClN2O6S. The molecule has 1 N–H and O–H groups in total. The molecule has 0 bridgehead atoms. The Kier molecular flexibility index (Phi) is 5.62. The number of sulfonamides is 1. The number of halogens is 1. The number of amides is 2. The number of anilines is 2. The van der Waals surface area contributed by atoms with Gasteiger partial charge in [0.25, 0.3) is 5.91 Å². The summed E-state index contributed by atoms with van der Waals surface area (Å²) in [6, 6.07) is 9.88. The van der Waals surface area contributed by atoms with Crippen LogP contribution in [-0.2, 0) is 19.6 Å². The molecule has 1 fully saturated rings. The Balaban J connectivity index is 1.83. The second kappa shape index (κ2) is 7.73. The lowest BCUT2D eigenvalue weighted by molar-refractivity contribution is -0.123. The van der Waals surface area contributed by atoms with Gasteiger partial charge in [-0.2, -0.15) is 0 Å². The summed E-state index contributed by atoms with van der Waals surface area (Å²) >= 11 is 6.08. The van der Waals surface area contributed by atoms with E-state index >= 15 is 0 Å². The van der Waals surface area contributed by atoms with E-state index in [1.807, 2.05) is 0 Å². The lowest BCUT2D eigenvalue weighted by atomic mass is 9.95. The lowest BCUT2D eigenvalue weighted by Crippen LogP contribution is -2.32. The topological polar surface area (TPSA) is 110 Å². The molecule has 0 unspecified atom stereocenters. The Morgan fingerprint density at radius 2 is 1.70 bits per heavy atom. The molecule has 1 aliphatic rings. The van der Waals surface area contributed by atoms with Gasteiger partial charge in [-0.05, 0) is 56.3 Å². The van der Waals surface area contributed by atoms with E-state index < -0.39 is 33.2 Å². The first-order chi connectivity index (χ1) is 14.0. The van der Waals surface area contributed by atoms with Crippen LogP contribution in [0.3, 0.4) is 0 Å². The average Bonchev–Trinajstić information content (AvgIpc) is 2.85. The van der Waals surface area contributed by atoms with E-state index in [0.29, 0.717) is 0 Å². The summed E-state index contributed by atoms with van der Waals surface area (Å²) in [5, 5.41) is 2.82. The average molecular weight is 451 g/mol. The van der Waals surface area contributed by atoms with E-state index in [1.165, 1.54) is 49.6 Å². The third kappa shape index (κ3) is 4.03. The highest BCUT2D eigenvalue weighted by atomic mass is 35.5. The van der Waals surface area contributed by atoms with Gasteiger partial charge in [-0.25, -0.2) is 17.5 Å². The molecule has 0 spiro atoms. The zero-order valence-corrected chi connectivity index (χ0v) is 18.0. The van der Waals surface area contributed by atoms with Gasteiger partial charge in [0.1, 0.15) is 0 Å². The maximum Gasteiger partial charge on any atom is 0.337 e. The van der Waals surface area contributed by atoms with Crippen molar-refractivity contribution in [3.8, 4) is 0 Å². The standard InChI is InChI=1S/C20H19ClN2O6S/c1-20(2)11-30(27,28)23(19(20)26)14-7-4-12(5-8-14)17(24)22-16-10-13(18(25)29-3)6-9-15(16)21/h4-10H,11H2,1-3H3,(H,22,24). The number of carbonyl (C=O) groups excluding carboxylic acids is 3. The largest absolute Gasteiger partial charge is 0.465 e. The highest BCUT2D eigenvalue weighted by molar-refractivity contribution is 7.94. The van der Waals surface area contributed by atoms with Crippen LogP contribution in [0.5, 0.6) is 0 Å². The second-order valence-corrected chi connectivity index (χ2v) is 9.62. The van der Waals surface area contributed by atoms with Crippen LogP contribution >= 0.6 is 11.6 Å². The SMILES string of the molecule is COC(=O)c1ccc(Cl)c(NC(=O)c2ccc(N3C(=O)C(C)(C)CS3(=O)=O)cc2)c1. The fraction of sp³-hybridized carbons (Fsp3) is 0.250. The molecular weight excluding hydrogens is 432 g/mol. The van der Waals surface area contributed by atoms with Gasteiger partial charge in [-0.3, -0.25) is 9.59 Å². The van der Waals surface area contributed by atoms with Gasteiger partial charge in [0.2, 0.25) is 15.9 Å². The Morgan fingerprint density at radius 3 is 2.23 bits per heavy atom. The van der Waals surface area contributed by atoms with Gasteiger partial charge in [0.05, 0.1) is 40.2 Å². The zero-order valence-electron chi connectivity index (χ0n) is 16.4. The molecule has 1 aliphatic heterocycles. The highest BCUT2D eigenvalue weighted by Gasteiger charge is 2.49. The summed E-state index contributed by atoms with van der Waals surface area (Å²) in [5.41, 5.74) is -0.217. The van der Waals surface area contributed by atoms with Crippen molar-refractivity contribution in [2.75, 3.05) is 22.5 Å². The Hall–Kier alpha value is -2.91. The van der Waals surface area contributed by atoms with Gasteiger partial charge in [0.15, 0.2) is 0 Å². The fourth-order valence-corrected chi connectivity index (χ4v) is 5.34. The van der Waals surface area contributed by atoms with E-state index in [-0.39, 0.29) is 33.3 Å². The number of nitrogens with zero attached hydrogens (tertiary/aromatic N) is 1. The first-order valence-electron chi connectivity index (χ1n) is 8.83. The zero-order chi connectivity index (χ0) is 22.3. The molecule has 0 radical (unpaired) electrons. The molecule has 3 rings (SSSR count). The molecule has 2 aromatic carbocycles. The summed E-state index contributed by atoms with van der Waals surface area (Å²) in [6.45, 7) is 3.14. The van der Waals surface area contributed by atoms with Gasteiger partial charge >= 0.3 is 5.97 Å². The van der Waals surface area contributed by atoms with Crippen molar-refractivity contribution in [3.63, 3.8) is 0 Å². The molecule has 1 heterocycles. The van der Waals surface area contributed by atoms with Gasteiger partial charge in [0, 0.05) is 5.56 Å². The third-order valence-corrected chi connectivity index (χ3v) is 6.93. The first kappa shape index (κ1) is 21.8. The third-order valence-electron chi connectivity index (χ3n) is 4.58. The minimum Gasteiger partial charge on any atom is -0.465 e. The molecule has 2 amide bonds. The molecule has 8 nitrogen and oxygen atoms in total. The number of hydrogen-bond acceptors (Lipinski definition) is 6. The maximum atomic E-state index is 12.6. The Morgan fingerprint density at radius 1 is 1.10 bits per heavy atom. The van der Waals surface area contributed by atoms with Crippen molar-refractivity contribution in [3.05, 3.63) is 58.6 Å². The number of ether oxygens (including phenoxy) is 1. The van der Waals surface area contributed by atoms with Crippen molar-refractivity contribution in [2.45, 2.75) is 13.8 Å². The van der Waals surface area contributed by atoms with Gasteiger partial charge in [-0.1, -0.05) is 11.6 Å². The summed E-state index contributed by atoms with van der Waals surface area (Å²) in [6.07, 6.45) is 0. The Labute approximate surface area is 178 Å².